The fourth-order valence-electron chi connectivity index (χ4n) is 3.40. The van der Waals surface area contributed by atoms with Crippen LogP contribution in [0.15, 0.2) is 4.52 Å². The summed E-state index contributed by atoms with van der Waals surface area (Å²) in [6.45, 7) is 8.04. The van der Waals surface area contributed by atoms with Crippen LogP contribution in [-0.4, -0.2) is 64.4 Å². The molecule has 2 unspecified atom stereocenters. The van der Waals surface area contributed by atoms with E-state index in [9.17, 15) is 5.11 Å². The lowest BCUT2D eigenvalue weighted by molar-refractivity contribution is 0.0860. The van der Waals surface area contributed by atoms with Gasteiger partial charge in [-0.2, -0.15) is 4.98 Å². The van der Waals surface area contributed by atoms with Crippen molar-refractivity contribution in [2.75, 3.05) is 33.2 Å². The molecule has 2 aliphatic rings. The number of β-amino-alcohol motifs (C(OH)–C–C–N with tert-alkyl or cyclic N) is 1. The number of piperidine rings is 1. The van der Waals surface area contributed by atoms with Gasteiger partial charge in [-0.1, -0.05) is 5.16 Å². The van der Waals surface area contributed by atoms with Crippen LogP contribution in [0, 0.1) is 5.92 Å². The van der Waals surface area contributed by atoms with Crippen molar-refractivity contribution in [1.82, 2.24) is 19.9 Å². The van der Waals surface area contributed by atoms with E-state index in [1.54, 1.807) is 0 Å². The minimum absolute atomic E-state index is 0.172. The van der Waals surface area contributed by atoms with E-state index >= 15 is 0 Å². The second kappa shape index (κ2) is 7.28. The molecule has 1 saturated carbocycles. The molecule has 130 valence electrons. The minimum atomic E-state index is -0.229. The first-order valence-corrected chi connectivity index (χ1v) is 8.97. The molecule has 0 amide bonds. The van der Waals surface area contributed by atoms with Gasteiger partial charge in [-0.25, -0.2) is 0 Å². The van der Waals surface area contributed by atoms with Crippen molar-refractivity contribution in [3.8, 4) is 0 Å². The van der Waals surface area contributed by atoms with Crippen LogP contribution in [0.2, 0.25) is 0 Å². The standard InChI is InChI=1S/C17H30N4O2/c1-12(22)10-21-8-6-14(7-9-21)11-20(3)13(2)17-18-16(19-23-17)15-4-5-15/h12-15,22H,4-11H2,1-3H3. The highest BCUT2D eigenvalue weighted by Gasteiger charge is 2.30. The monoisotopic (exact) mass is 322 g/mol. The Morgan fingerprint density at radius 1 is 1.26 bits per heavy atom. The van der Waals surface area contributed by atoms with E-state index in [4.69, 9.17) is 4.52 Å². The molecule has 3 rings (SSSR count). The quantitative estimate of drug-likeness (QED) is 0.828. The van der Waals surface area contributed by atoms with Crippen molar-refractivity contribution in [2.45, 2.75) is 57.6 Å². The summed E-state index contributed by atoms with van der Waals surface area (Å²) in [7, 11) is 2.15. The summed E-state index contributed by atoms with van der Waals surface area (Å²) in [5.74, 6) is 2.90. The van der Waals surface area contributed by atoms with Crippen LogP contribution >= 0.6 is 0 Å². The zero-order chi connectivity index (χ0) is 16.4. The van der Waals surface area contributed by atoms with E-state index in [-0.39, 0.29) is 12.1 Å². The molecule has 1 aliphatic carbocycles. The average Bonchev–Trinajstić information content (AvgIpc) is 3.25. The summed E-state index contributed by atoms with van der Waals surface area (Å²) in [6, 6.07) is 0.172. The van der Waals surface area contributed by atoms with Gasteiger partial charge < -0.3 is 14.5 Å². The number of nitrogens with zero attached hydrogens (tertiary/aromatic N) is 4. The van der Waals surface area contributed by atoms with Crippen molar-refractivity contribution in [2.24, 2.45) is 5.92 Å². The third-order valence-electron chi connectivity index (χ3n) is 5.19. The summed E-state index contributed by atoms with van der Waals surface area (Å²) >= 11 is 0. The molecule has 0 aromatic carbocycles. The second-order valence-corrected chi connectivity index (χ2v) is 7.47. The SMILES string of the molecule is CC(O)CN1CCC(CN(C)C(C)c2nc(C3CC3)no2)CC1. The highest BCUT2D eigenvalue weighted by molar-refractivity contribution is 5.04. The van der Waals surface area contributed by atoms with E-state index < -0.39 is 0 Å². The summed E-state index contributed by atoms with van der Waals surface area (Å²) in [5, 5.41) is 13.6. The first-order valence-electron chi connectivity index (χ1n) is 8.97. The number of hydrogen-bond acceptors (Lipinski definition) is 6. The largest absolute Gasteiger partial charge is 0.392 e. The molecule has 2 fully saturated rings. The van der Waals surface area contributed by atoms with E-state index in [0.29, 0.717) is 11.8 Å². The highest BCUT2D eigenvalue weighted by atomic mass is 16.5. The molecule has 1 aromatic rings. The first kappa shape index (κ1) is 16.9. The molecule has 1 saturated heterocycles. The number of aliphatic hydroxyl groups is 1. The normalized spacial score (nSPS) is 23.3. The molecule has 6 heteroatoms. The molecule has 1 aliphatic heterocycles. The third kappa shape index (κ3) is 4.52. The van der Waals surface area contributed by atoms with Crippen LogP contribution in [0.3, 0.4) is 0 Å². The van der Waals surface area contributed by atoms with Crippen LogP contribution < -0.4 is 0 Å². The Morgan fingerprint density at radius 3 is 2.57 bits per heavy atom. The Hall–Kier alpha value is -0.980. The Balaban J connectivity index is 1.45. The fraction of sp³-hybridized carbons (Fsp3) is 0.882. The van der Waals surface area contributed by atoms with Gasteiger partial charge in [0.2, 0.25) is 5.89 Å². The van der Waals surface area contributed by atoms with Crippen LogP contribution in [0.4, 0.5) is 0 Å². The molecular formula is C17H30N4O2. The lowest BCUT2D eigenvalue weighted by Crippen LogP contribution is -2.41. The molecule has 1 aromatic heterocycles. The summed E-state index contributed by atoms with van der Waals surface area (Å²) in [6.07, 6.45) is 4.57. The van der Waals surface area contributed by atoms with E-state index in [2.05, 4.69) is 33.9 Å². The second-order valence-electron chi connectivity index (χ2n) is 7.47. The smallest absolute Gasteiger partial charge is 0.243 e. The topological polar surface area (TPSA) is 65.6 Å². The summed E-state index contributed by atoms with van der Waals surface area (Å²) in [4.78, 5) is 9.27. The van der Waals surface area contributed by atoms with Gasteiger partial charge in [-0.15, -0.1) is 0 Å². The number of aromatic nitrogens is 2. The number of likely N-dealkylation sites (tertiary alicyclic amines) is 1. The van der Waals surface area contributed by atoms with Crippen LogP contribution in [-0.2, 0) is 0 Å². The Bertz CT molecular complexity index is 493. The maximum absolute atomic E-state index is 9.49. The van der Waals surface area contributed by atoms with E-state index in [1.165, 1.54) is 25.7 Å². The predicted octanol–water partition coefficient (Wildman–Crippen LogP) is 2.03. The van der Waals surface area contributed by atoms with Crippen LogP contribution in [0.25, 0.3) is 0 Å². The molecular weight excluding hydrogens is 292 g/mol. The van der Waals surface area contributed by atoms with Crippen molar-refractivity contribution in [1.29, 1.82) is 0 Å². The van der Waals surface area contributed by atoms with Crippen LogP contribution in [0.5, 0.6) is 0 Å². The van der Waals surface area contributed by atoms with Gasteiger partial charge in [0, 0.05) is 19.0 Å². The first-order chi connectivity index (χ1) is 11.0. The minimum Gasteiger partial charge on any atom is -0.392 e. The number of aliphatic hydroxyl groups excluding tert-OH is 1. The molecule has 23 heavy (non-hydrogen) atoms. The molecule has 6 nitrogen and oxygen atoms in total. The van der Waals surface area contributed by atoms with Gasteiger partial charge in [-0.3, -0.25) is 4.90 Å². The maximum atomic E-state index is 9.49. The van der Waals surface area contributed by atoms with Gasteiger partial charge >= 0.3 is 0 Å². The number of hydrogen-bond donors (Lipinski definition) is 1. The molecule has 0 spiro atoms. The van der Waals surface area contributed by atoms with Gasteiger partial charge in [-0.05, 0) is 65.6 Å². The highest BCUT2D eigenvalue weighted by Crippen LogP contribution is 2.38. The van der Waals surface area contributed by atoms with E-state index in [1.807, 2.05) is 6.92 Å². The van der Waals surface area contributed by atoms with Gasteiger partial charge in [0.1, 0.15) is 0 Å². The lowest BCUT2D eigenvalue weighted by atomic mass is 9.95. The predicted molar refractivity (Wildman–Crippen MR) is 88.2 cm³/mol. The fourth-order valence-corrected chi connectivity index (χ4v) is 3.40. The summed E-state index contributed by atoms with van der Waals surface area (Å²) < 4.78 is 5.46. The van der Waals surface area contributed by atoms with Crippen molar-refractivity contribution in [3.05, 3.63) is 11.7 Å². The Kier molecular flexibility index (Phi) is 5.34. The lowest BCUT2D eigenvalue weighted by Gasteiger charge is -2.35. The summed E-state index contributed by atoms with van der Waals surface area (Å²) in [5.41, 5.74) is 0. The zero-order valence-corrected chi connectivity index (χ0v) is 14.6. The third-order valence-corrected chi connectivity index (χ3v) is 5.19. The van der Waals surface area contributed by atoms with E-state index in [0.717, 1.165) is 37.9 Å². The van der Waals surface area contributed by atoms with Gasteiger partial charge in [0.05, 0.1) is 12.1 Å². The Labute approximate surface area is 138 Å². The van der Waals surface area contributed by atoms with Gasteiger partial charge in [0.25, 0.3) is 0 Å². The molecule has 0 bridgehead atoms. The molecule has 0 radical (unpaired) electrons. The van der Waals surface area contributed by atoms with Crippen molar-refractivity contribution < 1.29 is 9.63 Å². The van der Waals surface area contributed by atoms with Crippen molar-refractivity contribution >= 4 is 0 Å². The molecule has 2 heterocycles. The average molecular weight is 322 g/mol. The van der Waals surface area contributed by atoms with Crippen LogP contribution in [0.1, 0.15) is 63.2 Å². The van der Waals surface area contributed by atoms with Crippen molar-refractivity contribution in [3.63, 3.8) is 0 Å². The van der Waals surface area contributed by atoms with Gasteiger partial charge in [0.15, 0.2) is 5.82 Å². The number of rotatable bonds is 7. The maximum Gasteiger partial charge on any atom is 0.243 e. The molecule has 2 atom stereocenters. The zero-order valence-electron chi connectivity index (χ0n) is 14.6. The molecule has 1 N–H and O–H groups in total. The Morgan fingerprint density at radius 2 is 1.96 bits per heavy atom.